The summed E-state index contributed by atoms with van der Waals surface area (Å²) in [5.41, 5.74) is 1.92. The predicted octanol–water partition coefficient (Wildman–Crippen LogP) is 2.32. The second-order valence-corrected chi connectivity index (χ2v) is 6.31. The highest BCUT2D eigenvalue weighted by Gasteiger charge is 2.07. The van der Waals surface area contributed by atoms with E-state index < -0.39 is 0 Å². The Morgan fingerprint density at radius 1 is 1.31 bits per heavy atom. The van der Waals surface area contributed by atoms with Crippen LogP contribution in [0.15, 0.2) is 29.4 Å². The van der Waals surface area contributed by atoms with E-state index in [1.54, 1.807) is 13.1 Å². The number of guanidine groups is 1. The lowest BCUT2D eigenvalue weighted by Gasteiger charge is -2.13. The zero-order valence-electron chi connectivity index (χ0n) is 15.7. The lowest BCUT2D eigenvalue weighted by molar-refractivity contribution is -0.121. The number of aromatic amines is 1. The topological polar surface area (TPSA) is 81.3 Å². The molecule has 1 aromatic heterocycles. The number of carbonyl (C=O) groups is 1. The minimum absolute atomic E-state index is 0.0355. The summed E-state index contributed by atoms with van der Waals surface area (Å²) in [5, 5.41) is 10.3. The van der Waals surface area contributed by atoms with Crippen molar-refractivity contribution in [3.63, 3.8) is 0 Å². The number of hydrogen-bond donors (Lipinski definition) is 4. The molecule has 0 fully saturated rings. The fourth-order valence-electron chi connectivity index (χ4n) is 2.65. The summed E-state index contributed by atoms with van der Waals surface area (Å²) in [5.74, 6) is 0.451. The number of aromatic nitrogens is 1. The molecule has 0 saturated carbocycles. The quantitative estimate of drug-likeness (QED) is 0.430. The molecule has 142 valence electrons. The molecule has 0 aliphatic heterocycles. The molecule has 1 aromatic carbocycles. The molecule has 2 aromatic rings. The first-order valence-corrected chi connectivity index (χ1v) is 9.02. The molecule has 1 atom stereocenters. The Kier molecular flexibility index (Phi) is 7.44. The van der Waals surface area contributed by atoms with Crippen molar-refractivity contribution in [2.75, 3.05) is 20.1 Å². The van der Waals surface area contributed by atoms with Crippen molar-refractivity contribution >= 4 is 22.8 Å². The van der Waals surface area contributed by atoms with Crippen molar-refractivity contribution in [2.24, 2.45) is 4.99 Å². The van der Waals surface area contributed by atoms with Gasteiger partial charge < -0.3 is 20.9 Å². The molecule has 1 amide bonds. The van der Waals surface area contributed by atoms with Gasteiger partial charge in [0, 0.05) is 49.7 Å². The van der Waals surface area contributed by atoms with E-state index in [1.807, 2.05) is 20.0 Å². The van der Waals surface area contributed by atoms with E-state index in [2.05, 4.69) is 25.9 Å². The Hall–Kier alpha value is -2.57. The predicted molar refractivity (Wildman–Crippen MR) is 104 cm³/mol. The van der Waals surface area contributed by atoms with Crippen molar-refractivity contribution in [3.8, 4) is 0 Å². The monoisotopic (exact) mass is 361 g/mol. The summed E-state index contributed by atoms with van der Waals surface area (Å²) in [7, 11) is 1.70. The van der Waals surface area contributed by atoms with Crippen LogP contribution in [0.5, 0.6) is 0 Å². The van der Waals surface area contributed by atoms with E-state index >= 15 is 0 Å². The third kappa shape index (κ3) is 5.75. The molecule has 1 unspecified atom stereocenters. The molecule has 26 heavy (non-hydrogen) atoms. The number of benzene rings is 1. The second kappa shape index (κ2) is 9.79. The number of rotatable bonds is 8. The SMILES string of the molecule is CCC(C)NC(=O)CCNC(=NC)NCCc1c[nH]c2cc(F)ccc12. The number of hydrogen-bond acceptors (Lipinski definition) is 2. The molecular formula is C19H28FN5O. The fourth-order valence-corrected chi connectivity index (χ4v) is 2.65. The summed E-state index contributed by atoms with van der Waals surface area (Å²) in [6, 6.07) is 4.96. The largest absolute Gasteiger partial charge is 0.361 e. The first-order chi connectivity index (χ1) is 12.5. The number of carbonyl (C=O) groups excluding carboxylic acids is 1. The van der Waals surface area contributed by atoms with E-state index in [0.717, 1.165) is 29.3 Å². The smallest absolute Gasteiger partial charge is 0.221 e. The standard InChI is InChI=1S/C19H28FN5O/c1-4-13(2)25-18(26)8-10-23-19(21-3)22-9-7-14-12-24-17-11-15(20)5-6-16(14)17/h5-6,11-13,24H,4,7-10H2,1-3H3,(H,25,26)(H2,21,22,23). The Morgan fingerprint density at radius 2 is 2.08 bits per heavy atom. The summed E-state index contributed by atoms with van der Waals surface area (Å²) < 4.78 is 13.2. The van der Waals surface area contributed by atoms with Crippen molar-refractivity contribution in [2.45, 2.75) is 39.2 Å². The third-order valence-corrected chi connectivity index (χ3v) is 4.30. The first-order valence-electron chi connectivity index (χ1n) is 9.02. The van der Waals surface area contributed by atoms with E-state index in [0.29, 0.717) is 25.5 Å². The maximum Gasteiger partial charge on any atom is 0.221 e. The van der Waals surface area contributed by atoms with E-state index in [1.165, 1.54) is 12.1 Å². The van der Waals surface area contributed by atoms with Gasteiger partial charge in [-0.05, 0) is 43.5 Å². The number of halogens is 1. The second-order valence-electron chi connectivity index (χ2n) is 6.31. The molecule has 0 spiro atoms. The third-order valence-electron chi connectivity index (χ3n) is 4.30. The highest BCUT2D eigenvalue weighted by atomic mass is 19.1. The van der Waals surface area contributed by atoms with Gasteiger partial charge in [0.1, 0.15) is 5.82 Å². The summed E-state index contributed by atoms with van der Waals surface area (Å²) in [6.07, 6.45) is 4.00. The average Bonchev–Trinajstić information content (AvgIpc) is 3.02. The van der Waals surface area contributed by atoms with Gasteiger partial charge in [0.05, 0.1) is 0 Å². The van der Waals surface area contributed by atoms with Crippen LogP contribution in [0.3, 0.4) is 0 Å². The number of aliphatic imine (C=N–C) groups is 1. The highest BCUT2D eigenvalue weighted by Crippen LogP contribution is 2.19. The van der Waals surface area contributed by atoms with Gasteiger partial charge in [-0.15, -0.1) is 0 Å². The molecule has 2 rings (SSSR count). The van der Waals surface area contributed by atoms with Crippen LogP contribution in [0.2, 0.25) is 0 Å². The van der Waals surface area contributed by atoms with Crippen molar-refractivity contribution in [1.82, 2.24) is 20.9 Å². The van der Waals surface area contributed by atoms with E-state index in [4.69, 9.17) is 0 Å². The van der Waals surface area contributed by atoms with Crippen LogP contribution in [-0.4, -0.2) is 43.0 Å². The van der Waals surface area contributed by atoms with Crippen LogP contribution in [0.25, 0.3) is 10.9 Å². The molecule has 4 N–H and O–H groups in total. The first kappa shape index (κ1) is 19.8. The van der Waals surface area contributed by atoms with Crippen molar-refractivity contribution in [1.29, 1.82) is 0 Å². The Bertz CT molecular complexity index is 755. The normalized spacial score (nSPS) is 12.8. The highest BCUT2D eigenvalue weighted by molar-refractivity contribution is 5.83. The van der Waals surface area contributed by atoms with Gasteiger partial charge in [0.2, 0.25) is 5.91 Å². The lowest BCUT2D eigenvalue weighted by Crippen LogP contribution is -2.40. The average molecular weight is 361 g/mol. The Balaban J connectivity index is 1.74. The zero-order chi connectivity index (χ0) is 18.9. The summed E-state index contributed by atoms with van der Waals surface area (Å²) in [4.78, 5) is 19.0. The zero-order valence-corrected chi connectivity index (χ0v) is 15.7. The van der Waals surface area contributed by atoms with E-state index in [9.17, 15) is 9.18 Å². The van der Waals surface area contributed by atoms with Crippen LogP contribution >= 0.6 is 0 Å². The van der Waals surface area contributed by atoms with Crippen LogP contribution in [-0.2, 0) is 11.2 Å². The van der Waals surface area contributed by atoms with Gasteiger partial charge in [-0.1, -0.05) is 6.92 Å². The minimum Gasteiger partial charge on any atom is -0.361 e. The molecule has 0 radical (unpaired) electrons. The van der Waals surface area contributed by atoms with Crippen LogP contribution in [0.1, 0.15) is 32.3 Å². The van der Waals surface area contributed by atoms with Crippen molar-refractivity contribution in [3.05, 3.63) is 35.8 Å². The summed E-state index contributed by atoms with van der Waals surface area (Å²) in [6.45, 7) is 5.24. The fraction of sp³-hybridized carbons (Fsp3) is 0.474. The van der Waals surface area contributed by atoms with Gasteiger partial charge >= 0.3 is 0 Å². The van der Waals surface area contributed by atoms with Crippen LogP contribution in [0, 0.1) is 5.82 Å². The molecular weight excluding hydrogens is 333 g/mol. The lowest BCUT2D eigenvalue weighted by atomic mass is 10.1. The number of amides is 1. The number of fused-ring (bicyclic) bond motifs is 1. The molecule has 0 aliphatic rings. The molecule has 0 aliphatic carbocycles. The van der Waals surface area contributed by atoms with Gasteiger partial charge in [0.25, 0.3) is 0 Å². The molecule has 6 nitrogen and oxygen atoms in total. The number of H-pyrrole nitrogens is 1. The molecule has 7 heteroatoms. The molecule has 0 saturated heterocycles. The summed E-state index contributed by atoms with van der Waals surface area (Å²) >= 11 is 0. The Morgan fingerprint density at radius 3 is 2.81 bits per heavy atom. The van der Waals surface area contributed by atoms with Gasteiger partial charge in [-0.25, -0.2) is 4.39 Å². The van der Waals surface area contributed by atoms with Crippen LogP contribution in [0.4, 0.5) is 4.39 Å². The Labute approximate surface area is 153 Å². The van der Waals surface area contributed by atoms with Gasteiger partial charge in [-0.2, -0.15) is 0 Å². The maximum absolute atomic E-state index is 13.2. The molecule has 0 bridgehead atoms. The van der Waals surface area contributed by atoms with Crippen molar-refractivity contribution < 1.29 is 9.18 Å². The van der Waals surface area contributed by atoms with Gasteiger partial charge in [-0.3, -0.25) is 9.79 Å². The molecule has 1 heterocycles. The van der Waals surface area contributed by atoms with Gasteiger partial charge in [0.15, 0.2) is 5.96 Å². The number of nitrogens with zero attached hydrogens (tertiary/aromatic N) is 1. The maximum atomic E-state index is 13.2. The number of nitrogens with one attached hydrogen (secondary N) is 4. The van der Waals surface area contributed by atoms with Crippen LogP contribution < -0.4 is 16.0 Å². The minimum atomic E-state index is -0.244. The van der Waals surface area contributed by atoms with E-state index in [-0.39, 0.29) is 17.8 Å².